The van der Waals surface area contributed by atoms with Gasteiger partial charge >= 0.3 is 5.97 Å². The molecular formula is C31H41ClN2O6. The van der Waals surface area contributed by atoms with Crippen LogP contribution in [-0.4, -0.2) is 70.8 Å². The van der Waals surface area contributed by atoms with Gasteiger partial charge in [0, 0.05) is 6.54 Å². The highest BCUT2D eigenvalue weighted by molar-refractivity contribution is 6.34. The molecule has 3 aliphatic heterocycles. The molecule has 2 amide bonds. The Morgan fingerprint density at radius 3 is 2.60 bits per heavy atom. The zero-order valence-corrected chi connectivity index (χ0v) is 24.4. The minimum absolute atomic E-state index is 0.154. The molecule has 218 valence electrons. The Hall–Kier alpha value is -2.68. The van der Waals surface area contributed by atoms with E-state index in [1.54, 1.807) is 30.3 Å². The van der Waals surface area contributed by atoms with Gasteiger partial charge in [-0.2, -0.15) is 0 Å². The maximum absolute atomic E-state index is 14.6. The lowest BCUT2D eigenvalue weighted by molar-refractivity contribution is -0.161. The van der Waals surface area contributed by atoms with Gasteiger partial charge in [-0.15, -0.1) is 13.2 Å². The Labute approximate surface area is 241 Å². The average molecular weight is 573 g/mol. The number of carbonyl (C=O) groups excluding carboxylic acids is 3. The van der Waals surface area contributed by atoms with Gasteiger partial charge < -0.3 is 24.4 Å². The Balaban J connectivity index is 1.77. The summed E-state index contributed by atoms with van der Waals surface area (Å²) >= 11 is 6.52. The number of halogens is 1. The van der Waals surface area contributed by atoms with Crippen LogP contribution in [0.4, 0.5) is 5.69 Å². The SMILES string of the molecule is C=CCCCCOC(=O)[C@@H]1[C@H]2C(=O)N([C@@H](CO)C(C)C)C(C(=O)N(CC=C)c3ccccc3Cl)C23CC[C@@]1(C)O3. The van der Waals surface area contributed by atoms with E-state index in [-0.39, 0.29) is 37.5 Å². The quantitative estimate of drug-likeness (QED) is 0.212. The van der Waals surface area contributed by atoms with Crippen LogP contribution < -0.4 is 4.90 Å². The van der Waals surface area contributed by atoms with E-state index in [1.165, 1.54) is 9.80 Å². The molecule has 1 aromatic rings. The lowest BCUT2D eigenvalue weighted by atomic mass is 9.66. The van der Waals surface area contributed by atoms with Crippen molar-refractivity contribution in [3.8, 4) is 0 Å². The number of aliphatic hydroxyl groups is 1. The van der Waals surface area contributed by atoms with Crippen LogP contribution in [-0.2, 0) is 23.9 Å². The number of hydrogen-bond donors (Lipinski definition) is 1. The number of likely N-dealkylation sites (tertiary alicyclic amines) is 1. The van der Waals surface area contributed by atoms with Crippen molar-refractivity contribution in [1.82, 2.24) is 4.90 Å². The first-order chi connectivity index (χ1) is 19.1. The predicted octanol–water partition coefficient (Wildman–Crippen LogP) is 4.54. The summed E-state index contributed by atoms with van der Waals surface area (Å²) in [4.78, 5) is 45.5. The number of anilines is 1. The van der Waals surface area contributed by atoms with Crippen molar-refractivity contribution in [2.45, 2.75) is 76.2 Å². The lowest BCUT2D eigenvalue weighted by Crippen LogP contribution is -2.60. The number of hydrogen-bond acceptors (Lipinski definition) is 6. The second kappa shape index (κ2) is 12.0. The predicted molar refractivity (Wildman–Crippen MR) is 154 cm³/mol. The summed E-state index contributed by atoms with van der Waals surface area (Å²) in [6.45, 7) is 13.2. The van der Waals surface area contributed by atoms with Gasteiger partial charge in [0.2, 0.25) is 5.91 Å². The van der Waals surface area contributed by atoms with Crippen molar-refractivity contribution in [2.24, 2.45) is 17.8 Å². The minimum Gasteiger partial charge on any atom is -0.465 e. The van der Waals surface area contributed by atoms with Crippen LogP contribution >= 0.6 is 11.6 Å². The average Bonchev–Trinajstić information content (AvgIpc) is 3.48. The van der Waals surface area contributed by atoms with Gasteiger partial charge in [0.1, 0.15) is 17.6 Å². The largest absolute Gasteiger partial charge is 0.465 e. The number of amides is 2. The summed E-state index contributed by atoms with van der Waals surface area (Å²) in [6.07, 6.45) is 6.72. The third-order valence-electron chi connectivity index (χ3n) is 8.78. The first-order valence-corrected chi connectivity index (χ1v) is 14.5. The maximum Gasteiger partial charge on any atom is 0.312 e. The number of rotatable bonds is 13. The molecule has 0 radical (unpaired) electrons. The fourth-order valence-corrected chi connectivity index (χ4v) is 7.12. The molecule has 1 spiro atoms. The van der Waals surface area contributed by atoms with Crippen LogP contribution in [0.25, 0.3) is 0 Å². The Kier molecular flexibility index (Phi) is 9.12. The van der Waals surface area contributed by atoms with Crippen LogP contribution in [0.3, 0.4) is 0 Å². The number of nitrogens with zero attached hydrogens (tertiary/aromatic N) is 2. The second-order valence-electron chi connectivity index (χ2n) is 11.6. The fourth-order valence-electron chi connectivity index (χ4n) is 6.89. The smallest absolute Gasteiger partial charge is 0.312 e. The molecule has 3 fully saturated rings. The molecule has 0 aromatic heterocycles. The van der Waals surface area contributed by atoms with Crippen molar-refractivity contribution >= 4 is 35.1 Å². The number of ether oxygens (including phenoxy) is 2. The molecule has 4 rings (SSSR count). The summed E-state index contributed by atoms with van der Waals surface area (Å²) in [5.41, 5.74) is -1.69. The Morgan fingerprint density at radius 2 is 1.98 bits per heavy atom. The standard InChI is InChI=1S/C31H41ClN2O6/c1-6-8-9-12-18-39-29(38)25-24-27(36)34(23(19-35)20(3)4)26(31(24)16-15-30(25,5)40-31)28(37)33(17-7-2)22-14-11-10-13-21(22)32/h6-7,10-11,13-14,20,23-26,35H,1-2,8-9,12,15-19H2,3-5H3/t23-,24-,25-,26?,30+,31?/m0/s1. The summed E-state index contributed by atoms with van der Waals surface area (Å²) in [5.74, 6) is -3.13. The van der Waals surface area contributed by atoms with Crippen molar-refractivity contribution in [2.75, 3.05) is 24.7 Å². The number of carbonyl (C=O) groups is 3. The first kappa shape index (κ1) is 30.3. The summed E-state index contributed by atoms with van der Waals surface area (Å²) in [6, 6.07) is 5.29. The molecule has 2 bridgehead atoms. The number of esters is 1. The Morgan fingerprint density at radius 1 is 1.25 bits per heavy atom. The van der Waals surface area contributed by atoms with Crippen molar-refractivity contribution in [1.29, 1.82) is 0 Å². The van der Waals surface area contributed by atoms with Crippen molar-refractivity contribution in [3.05, 3.63) is 54.6 Å². The van der Waals surface area contributed by atoms with E-state index < -0.39 is 41.1 Å². The number of aliphatic hydroxyl groups excluding tert-OH is 1. The molecule has 3 saturated heterocycles. The third kappa shape index (κ3) is 4.99. The highest BCUT2D eigenvalue weighted by Gasteiger charge is 2.79. The maximum atomic E-state index is 14.6. The molecular weight excluding hydrogens is 532 g/mol. The summed E-state index contributed by atoms with van der Waals surface area (Å²) in [7, 11) is 0. The first-order valence-electron chi connectivity index (χ1n) is 14.2. The zero-order valence-electron chi connectivity index (χ0n) is 23.7. The molecule has 0 saturated carbocycles. The third-order valence-corrected chi connectivity index (χ3v) is 9.10. The van der Waals surface area contributed by atoms with E-state index in [4.69, 9.17) is 21.1 Å². The van der Waals surface area contributed by atoms with E-state index in [0.29, 0.717) is 30.0 Å². The minimum atomic E-state index is -1.24. The molecule has 1 N–H and O–H groups in total. The summed E-state index contributed by atoms with van der Waals surface area (Å²) < 4.78 is 12.4. The molecule has 0 aliphatic carbocycles. The van der Waals surface area contributed by atoms with E-state index >= 15 is 0 Å². The van der Waals surface area contributed by atoms with Crippen LogP contribution in [0.15, 0.2) is 49.6 Å². The van der Waals surface area contributed by atoms with Gasteiger partial charge in [-0.3, -0.25) is 14.4 Å². The zero-order chi connectivity index (χ0) is 29.2. The number of unbranched alkanes of at least 4 members (excludes halogenated alkanes) is 2. The van der Waals surface area contributed by atoms with Gasteiger partial charge in [-0.05, 0) is 57.1 Å². The fraction of sp³-hybridized carbons (Fsp3) is 0.581. The van der Waals surface area contributed by atoms with E-state index in [9.17, 15) is 19.5 Å². The molecule has 3 heterocycles. The Bertz CT molecular complexity index is 1160. The summed E-state index contributed by atoms with van der Waals surface area (Å²) in [5, 5.41) is 10.8. The highest BCUT2D eigenvalue weighted by atomic mass is 35.5. The van der Waals surface area contributed by atoms with Gasteiger partial charge in [-0.25, -0.2) is 0 Å². The van der Waals surface area contributed by atoms with Crippen LogP contribution in [0.1, 0.15) is 52.9 Å². The lowest BCUT2D eigenvalue weighted by Gasteiger charge is -2.40. The van der Waals surface area contributed by atoms with Crippen LogP contribution in [0.5, 0.6) is 0 Å². The van der Waals surface area contributed by atoms with Gasteiger partial charge in [-0.1, -0.05) is 49.7 Å². The van der Waals surface area contributed by atoms with Crippen molar-refractivity contribution in [3.63, 3.8) is 0 Å². The van der Waals surface area contributed by atoms with E-state index in [0.717, 1.165) is 12.8 Å². The second-order valence-corrected chi connectivity index (χ2v) is 12.0. The van der Waals surface area contributed by atoms with Gasteiger partial charge in [0.15, 0.2) is 0 Å². The molecule has 1 aromatic carbocycles. The number of para-hydroxylation sites is 1. The van der Waals surface area contributed by atoms with Gasteiger partial charge in [0.05, 0.1) is 41.5 Å². The molecule has 8 nitrogen and oxygen atoms in total. The van der Waals surface area contributed by atoms with Crippen LogP contribution in [0, 0.1) is 17.8 Å². The number of fused-ring (bicyclic) bond motifs is 1. The molecule has 9 heteroatoms. The highest BCUT2D eigenvalue weighted by Crippen LogP contribution is 2.64. The number of benzene rings is 1. The normalized spacial score (nSPS) is 29.4. The van der Waals surface area contributed by atoms with E-state index in [2.05, 4.69) is 13.2 Å². The molecule has 6 atom stereocenters. The molecule has 40 heavy (non-hydrogen) atoms. The van der Waals surface area contributed by atoms with Crippen molar-refractivity contribution < 1.29 is 29.0 Å². The topological polar surface area (TPSA) is 96.4 Å². The van der Waals surface area contributed by atoms with Crippen LogP contribution in [0.2, 0.25) is 5.02 Å². The molecule has 3 aliphatic rings. The van der Waals surface area contributed by atoms with E-state index in [1.807, 2.05) is 26.8 Å². The molecule has 2 unspecified atom stereocenters. The monoisotopic (exact) mass is 572 g/mol. The number of allylic oxidation sites excluding steroid dienone is 1. The van der Waals surface area contributed by atoms with Gasteiger partial charge in [0.25, 0.3) is 5.91 Å².